The Balaban J connectivity index is 2.41. The Hall–Kier alpha value is -2.06. The lowest BCUT2D eigenvalue weighted by Crippen LogP contribution is -2.26. The van der Waals surface area contributed by atoms with Crippen LogP contribution in [0.4, 0.5) is 0 Å². The molecule has 19 heavy (non-hydrogen) atoms. The number of nitriles is 1. The molecule has 1 N–H and O–H groups in total. The molecule has 0 aromatic heterocycles. The van der Waals surface area contributed by atoms with E-state index in [0.29, 0.717) is 25.3 Å². The fraction of sp³-hybridized carbons (Fsp3) is 0.429. The van der Waals surface area contributed by atoms with Crippen molar-refractivity contribution in [3.8, 4) is 11.8 Å². The first-order chi connectivity index (χ1) is 9.15. The molecule has 0 aliphatic rings. The third-order valence-corrected chi connectivity index (χ3v) is 2.59. The Labute approximate surface area is 113 Å². The third kappa shape index (κ3) is 5.40. The van der Waals surface area contributed by atoms with Crippen LogP contribution in [0, 0.1) is 11.3 Å². The number of ether oxygens (including phenoxy) is 1. The molecule has 5 heteroatoms. The molecule has 5 nitrogen and oxygen atoms in total. The van der Waals surface area contributed by atoms with E-state index < -0.39 is 0 Å². The highest BCUT2D eigenvalue weighted by molar-refractivity contribution is 5.75. The molecule has 1 aromatic rings. The summed E-state index contributed by atoms with van der Waals surface area (Å²) in [6.07, 6.45) is 0.466. The third-order valence-electron chi connectivity index (χ3n) is 2.59. The fourth-order valence-corrected chi connectivity index (χ4v) is 1.54. The summed E-state index contributed by atoms with van der Waals surface area (Å²) in [5.41, 5.74) is 0.982. The molecule has 0 aliphatic heterocycles. The molecule has 0 unspecified atom stereocenters. The van der Waals surface area contributed by atoms with Gasteiger partial charge in [0.2, 0.25) is 5.91 Å². The normalized spacial score (nSPS) is 9.74. The molecule has 0 aliphatic carbocycles. The maximum atomic E-state index is 11.4. The molecule has 0 atom stereocenters. The van der Waals surface area contributed by atoms with Gasteiger partial charge in [0.15, 0.2) is 6.61 Å². The van der Waals surface area contributed by atoms with E-state index in [0.717, 1.165) is 5.56 Å². The standard InChI is InChI=1S/C14H19N3O2/c1-17(2)14(18)7-9-16-11-12-5-3-4-6-13(12)19-10-8-15/h3-6,16H,7,9-11H2,1-2H3. The van der Waals surface area contributed by atoms with Gasteiger partial charge in [-0.2, -0.15) is 5.26 Å². The van der Waals surface area contributed by atoms with Crippen LogP contribution in [-0.4, -0.2) is 38.1 Å². The van der Waals surface area contributed by atoms with Crippen LogP contribution in [0.5, 0.6) is 5.75 Å². The van der Waals surface area contributed by atoms with E-state index in [-0.39, 0.29) is 12.5 Å². The second kappa shape index (κ2) is 8.11. The second-order valence-corrected chi connectivity index (χ2v) is 4.27. The molecule has 0 heterocycles. The quantitative estimate of drug-likeness (QED) is 0.748. The molecular formula is C14H19N3O2. The van der Waals surface area contributed by atoms with Crippen molar-refractivity contribution in [1.29, 1.82) is 5.26 Å². The topological polar surface area (TPSA) is 65.4 Å². The van der Waals surface area contributed by atoms with Gasteiger partial charge >= 0.3 is 0 Å². The van der Waals surface area contributed by atoms with Crippen molar-refractivity contribution >= 4 is 5.91 Å². The Bertz CT molecular complexity index is 452. The highest BCUT2D eigenvalue weighted by atomic mass is 16.5. The van der Waals surface area contributed by atoms with Gasteiger partial charge in [-0.15, -0.1) is 0 Å². The monoisotopic (exact) mass is 261 g/mol. The molecular weight excluding hydrogens is 242 g/mol. The summed E-state index contributed by atoms with van der Waals surface area (Å²) in [7, 11) is 3.49. The van der Waals surface area contributed by atoms with Gasteiger partial charge in [0.05, 0.1) is 0 Å². The summed E-state index contributed by atoms with van der Waals surface area (Å²) in [4.78, 5) is 13.0. The number of carbonyl (C=O) groups excluding carboxylic acids is 1. The minimum atomic E-state index is 0.0378. The van der Waals surface area contributed by atoms with Crippen molar-refractivity contribution in [2.75, 3.05) is 27.2 Å². The predicted octanol–water partition coefficient (Wildman–Crippen LogP) is 1.16. The second-order valence-electron chi connectivity index (χ2n) is 4.27. The highest BCUT2D eigenvalue weighted by Gasteiger charge is 2.05. The van der Waals surface area contributed by atoms with Crippen molar-refractivity contribution in [3.05, 3.63) is 29.8 Å². The van der Waals surface area contributed by atoms with Gasteiger partial charge in [-0.3, -0.25) is 4.79 Å². The maximum absolute atomic E-state index is 11.4. The molecule has 1 amide bonds. The summed E-state index contributed by atoms with van der Waals surface area (Å²) in [6, 6.07) is 9.50. The minimum absolute atomic E-state index is 0.0378. The lowest BCUT2D eigenvalue weighted by Gasteiger charge is -2.12. The Morgan fingerprint density at radius 1 is 1.42 bits per heavy atom. The van der Waals surface area contributed by atoms with E-state index in [4.69, 9.17) is 10.00 Å². The van der Waals surface area contributed by atoms with E-state index in [1.807, 2.05) is 30.3 Å². The van der Waals surface area contributed by atoms with E-state index in [9.17, 15) is 4.79 Å². The zero-order valence-corrected chi connectivity index (χ0v) is 11.3. The molecule has 1 rings (SSSR count). The smallest absolute Gasteiger partial charge is 0.223 e. The number of benzene rings is 1. The lowest BCUT2D eigenvalue weighted by atomic mass is 10.2. The van der Waals surface area contributed by atoms with Crippen LogP contribution in [0.2, 0.25) is 0 Å². The fourth-order valence-electron chi connectivity index (χ4n) is 1.54. The van der Waals surface area contributed by atoms with Crippen LogP contribution in [0.15, 0.2) is 24.3 Å². The first-order valence-corrected chi connectivity index (χ1v) is 6.13. The summed E-state index contributed by atoms with van der Waals surface area (Å²) in [5.74, 6) is 0.803. The number of hydrogen-bond donors (Lipinski definition) is 1. The Morgan fingerprint density at radius 3 is 2.84 bits per heavy atom. The van der Waals surface area contributed by atoms with Crippen molar-refractivity contribution in [3.63, 3.8) is 0 Å². The molecule has 102 valence electrons. The molecule has 0 radical (unpaired) electrons. The van der Waals surface area contributed by atoms with Crippen molar-refractivity contribution in [2.45, 2.75) is 13.0 Å². The molecule has 0 bridgehead atoms. The van der Waals surface area contributed by atoms with Gasteiger partial charge < -0.3 is 15.0 Å². The first kappa shape index (κ1) is 15.0. The largest absolute Gasteiger partial charge is 0.478 e. The van der Waals surface area contributed by atoms with Crippen LogP contribution in [0.3, 0.4) is 0 Å². The molecule has 1 aromatic carbocycles. The Morgan fingerprint density at radius 2 is 2.16 bits per heavy atom. The first-order valence-electron chi connectivity index (χ1n) is 6.13. The van der Waals surface area contributed by atoms with E-state index in [1.54, 1.807) is 19.0 Å². The predicted molar refractivity (Wildman–Crippen MR) is 72.6 cm³/mol. The van der Waals surface area contributed by atoms with E-state index in [1.165, 1.54) is 0 Å². The molecule has 0 spiro atoms. The lowest BCUT2D eigenvalue weighted by molar-refractivity contribution is -0.128. The number of rotatable bonds is 7. The minimum Gasteiger partial charge on any atom is -0.478 e. The van der Waals surface area contributed by atoms with Crippen molar-refractivity contribution in [2.24, 2.45) is 0 Å². The van der Waals surface area contributed by atoms with Gasteiger partial charge in [-0.25, -0.2) is 0 Å². The zero-order valence-electron chi connectivity index (χ0n) is 11.3. The molecule has 0 fully saturated rings. The number of para-hydroxylation sites is 1. The summed E-state index contributed by atoms with van der Waals surface area (Å²) in [6.45, 7) is 1.27. The zero-order chi connectivity index (χ0) is 14.1. The summed E-state index contributed by atoms with van der Waals surface area (Å²) >= 11 is 0. The maximum Gasteiger partial charge on any atom is 0.223 e. The van der Waals surface area contributed by atoms with Gasteiger partial charge in [-0.05, 0) is 6.07 Å². The van der Waals surface area contributed by atoms with Crippen LogP contribution >= 0.6 is 0 Å². The Kier molecular flexibility index (Phi) is 6.41. The van der Waals surface area contributed by atoms with E-state index in [2.05, 4.69) is 5.32 Å². The summed E-state index contributed by atoms with van der Waals surface area (Å²) in [5, 5.41) is 11.7. The number of nitrogens with zero attached hydrogens (tertiary/aromatic N) is 2. The number of nitrogens with one attached hydrogen (secondary N) is 1. The van der Waals surface area contributed by atoms with Crippen LogP contribution in [-0.2, 0) is 11.3 Å². The average Bonchev–Trinajstić information content (AvgIpc) is 2.42. The SMILES string of the molecule is CN(C)C(=O)CCNCc1ccccc1OCC#N. The average molecular weight is 261 g/mol. The number of amides is 1. The van der Waals surface area contributed by atoms with Crippen LogP contribution in [0.1, 0.15) is 12.0 Å². The summed E-state index contributed by atoms with van der Waals surface area (Å²) < 4.78 is 5.33. The van der Waals surface area contributed by atoms with Crippen LogP contribution in [0.25, 0.3) is 0 Å². The molecule has 0 saturated heterocycles. The van der Waals surface area contributed by atoms with E-state index >= 15 is 0 Å². The number of hydrogen-bond acceptors (Lipinski definition) is 4. The number of carbonyl (C=O) groups is 1. The van der Waals surface area contributed by atoms with Gasteiger partial charge in [0, 0.05) is 39.2 Å². The van der Waals surface area contributed by atoms with Crippen molar-refractivity contribution in [1.82, 2.24) is 10.2 Å². The van der Waals surface area contributed by atoms with Crippen LogP contribution < -0.4 is 10.1 Å². The van der Waals surface area contributed by atoms with Gasteiger partial charge in [-0.1, -0.05) is 18.2 Å². The molecule has 0 saturated carbocycles. The van der Waals surface area contributed by atoms with Gasteiger partial charge in [0.1, 0.15) is 11.8 Å². The highest BCUT2D eigenvalue weighted by Crippen LogP contribution is 2.17. The van der Waals surface area contributed by atoms with Crippen molar-refractivity contribution < 1.29 is 9.53 Å². The van der Waals surface area contributed by atoms with Gasteiger partial charge in [0.25, 0.3) is 0 Å².